The van der Waals surface area contributed by atoms with Crippen molar-refractivity contribution < 1.29 is 9.18 Å². The van der Waals surface area contributed by atoms with Crippen LogP contribution in [0.5, 0.6) is 0 Å². The van der Waals surface area contributed by atoms with Gasteiger partial charge in [0.2, 0.25) is 5.91 Å². The Morgan fingerprint density at radius 2 is 2.12 bits per heavy atom. The Balaban J connectivity index is 1.83. The first-order chi connectivity index (χ1) is 15.4. The van der Waals surface area contributed by atoms with E-state index in [2.05, 4.69) is 33.1 Å². The number of pyridine rings is 1. The molecular weight excluding hydrogens is 407 g/mol. The van der Waals surface area contributed by atoms with Crippen LogP contribution in [-0.2, 0) is 11.3 Å². The Morgan fingerprint density at radius 1 is 1.38 bits per heavy atom. The summed E-state index contributed by atoms with van der Waals surface area (Å²) in [6.07, 6.45) is 4.54. The van der Waals surface area contributed by atoms with Gasteiger partial charge in [-0.2, -0.15) is 5.26 Å². The van der Waals surface area contributed by atoms with Gasteiger partial charge in [-0.3, -0.25) is 4.79 Å². The molecule has 3 rings (SSSR count). The second kappa shape index (κ2) is 11.0. The van der Waals surface area contributed by atoms with Crippen molar-refractivity contribution in [2.45, 2.75) is 51.7 Å². The third kappa shape index (κ3) is 6.02. The lowest BCUT2D eigenvalue weighted by atomic mass is 9.99. The molecule has 0 radical (unpaired) electrons. The number of nitrogens with one attached hydrogen (secondary N) is 1. The van der Waals surface area contributed by atoms with Crippen molar-refractivity contribution in [3.63, 3.8) is 0 Å². The number of aromatic nitrogens is 1. The molecule has 7 nitrogen and oxygen atoms in total. The summed E-state index contributed by atoms with van der Waals surface area (Å²) < 4.78 is 14.6. The third-order valence-electron chi connectivity index (χ3n) is 6.05. The lowest BCUT2D eigenvalue weighted by molar-refractivity contribution is -0.114. The van der Waals surface area contributed by atoms with Gasteiger partial charge in [-0.25, -0.2) is 9.37 Å². The molecule has 3 N–H and O–H groups in total. The number of nitriles is 1. The van der Waals surface area contributed by atoms with E-state index >= 15 is 0 Å². The quantitative estimate of drug-likeness (QED) is 0.656. The largest absolute Gasteiger partial charge is 0.363 e. The minimum Gasteiger partial charge on any atom is -0.363 e. The van der Waals surface area contributed by atoms with Gasteiger partial charge in [0.1, 0.15) is 11.6 Å². The van der Waals surface area contributed by atoms with Crippen LogP contribution in [-0.4, -0.2) is 47.5 Å². The molecule has 1 saturated heterocycles. The van der Waals surface area contributed by atoms with E-state index in [4.69, 9.17) is 5.73 Å². The molecule has 2 heterocycles. The molecule has 2 aromatic rings. The summed E-state index contributed by atoms with van der Waals surface area (Å²) in [5, 5.41) is 11.9. The minimum absolute atomic E-state index is 0.184. The second-order valence-corrected chi connectivity index (χ2v) is 8.32. The molecular formula is C24H31FN6O. The zero-order valence-corrected chi connectivity index (χ0v) is 18.7. The van der Waals surface area contributed by atoms with Gasteiger partial charge in [0.05, 0.1) is 23.5 Å². The summed E-state index contributed by atoms with van der Waals surface area (Å²) in [7, 11) is 0. The number of nitrogens with two attached hydrogens (primary N) is 1. The number of carbonyl (C=O) groups is 1. The van der Waals surface area contributed by atoms with Crippen molar-refractivity contribution in [1.29, 1.82) is 5.26 Å². The highest BCUT2D eigenvalue weighted by Crippen LogP contribution is 2.28. The number of carbonyl (C=O) groups excluding carboxylic acids is 1. The van der Waals surface area contributed by atoms with E-state index in [1.54, 1.807) is 18.3 Å². The average molecular weight is 439 g/mol. The smallest absolute Gasteiger partial charge is 0.222 e. The first-order valence-electron chi connectivity index (χ1n) is 11.0. The Bertz CT molecular complexity index is 950. The summed E-state index contributed by atoms with van der Waals surface area (Å²) in [6, 6.07) is 10.8. The van der Waals surface area contributed by atoms with Gasteiger partial charge >= 0.3 is 0 Å². The maximum atomic E-state index is 14.6. The van der Waals surface area contributed by atoms with Crippen molar-refractivity contribution in [2.24, 2.45) is 5.73 Å². The molecule has 0 saturated carbocycles. The van der Waals surface area contributed by atoms with Crippen molar-refractivity contribution >= 4 is 17.4 Å². The summed E-state index contributed by atoms with van der Waals surface area (Å²) in [5.41, 5.74) is 7.50. The van der Waals surface area contributed by atoms with Crippen LogP contribution in [0, 0.1) is 17.1 Å². The number of amides is 1. The van der Waals surface area contributed by atoms with Gasteiger partial charge in [0.25, 0.3) is 0 Å². The molecule has 1 atom stereocenters. The van der Waals surface area contributed by atoms with Crippen LogP contribution in [0.25, 0.3) is 0 Å². The first kappa shape index (κ1) is 23.6. The molecule has 1 aliphatic rings. The van der Waals surface area contributed by atoms with E-state index in [0.717, 1.165) is 38.0 Å². The number of hydrogen-bond donors (Lipinski definition) is 2. The van der Waals surface area contributed by atoms with Gasteiger partial charge < -0.3 is 20.9 Å². The van der Waals surface area contributed by atoms with E-state index in [0.29, 0.717) is 36.1 Å². The van der Waals surface area contributed by atoms with Gasteiger partial charge in [0, 0.05) is 44.2 Å². The minimum atomic E-state index is -0.328. The summed E-state index contributed by atoms with van der Waals surface area (Å²) in [4.78, 5) is 20.3. The van der Waals surface area contributed by atoms with Crippen LogP contribution in [0.4, 0.5) is 15.9 Å². The Labute approximate surface area is 189 Å². The Kier molecular flexibility index (Phi) is 8.14. The molecule has 1 aliphatic heterocycles. The van der Waals surface area contributed by atoms with Crippen molar-refractivity contribution in [3.05, 3.63) is 53.5 Å². The Morgan fingerprint density at radius 3 is 2.72 bits per heavy atom. The summed E-state index contributed by atoms with van der Waals surface area (Å²) in [5.74, 6) is -0.0356. The zero-order valence-electron chi connectivity index (χ0n) is 18.7. The number of anilines is 2. The molecule has 0 spiro atoms. The fraction of sp³-hybridized carbons (Fsp3) is 0.458. The number of nitrogens with zero attached hydrogens (tertiary/aromatic N) is 4. The SMILES string of the molecule is CC(=O)Nc1ccc(N(Cc2cc(C#N)ccc2F)C2CCN([C@H](C)CCN)CC2)cn1. The van der Waals surface area contributed by atoms with Gasteiger partial charge in [-0.1, -0.05) is 0 Å². The standard InChI is InChI=1S/C24H31FN6O/c1-17(7-10-26)30-11-8-21(9-12-30)31(16-20-13-19(14-27)3-5-23(20)25)22-4-6-24(28-15-22)29-18(2)32/h3-6,13,15,17,21H,7-12,16,26H2,1-2H3,(H,28,29,32)/t17-/m1/s1. The highest BCUT2D eigenvalue weighted by molar-refractivity contribution is 5.87. The number of piperidine rings is 1. The lowest BCUT2D eigenvalue weighted by Crippen LogP contribution is -2.48. The maximum absolute atomic E-state index is 14.6. The van der Waals surface area contributed by atoms with Crippen molar-refractivity contribution in [3.8, 4) is 6.07 Å². The average Bonchev–Trinajstić information content (AvgIpc) is 2.79. The van der Waals surface area contributed by atoms with Gasteiger partial charge in [-0.15, -0.1) is 0 Å². The third-order valence-corrected chi connectivity index (χ3v) is 6.05. The van der Waals surface area contributed by atoms with Crippen LogP contribution < -0.4 is 16.0 Å². The fourth-order valence-electron chi connectivity index (χ4n) is 4.25. The molecule has 170 valence electrons. The fourth-order valence-corrected chi connectivity index (χ4v) is 4.25. The first-order valence-corrected chi connectivity index (χ1v) is 11.0. The van der Waals surface area contributed by atoms with E-state index in [-0.39, 0.29) is 17.8 Å². The number of benzene rings is 1. The van der Waals surface area contributed by atoms with Crippen LogP contribution in [0.3, 0.4) is 0 Å². The molecule has 1 amide bonds. The molecule has 0 aliphatic carbocycles. The molecule has 1 aromatic carbocycles. The highest BCUT2D eigenvalue weighted by Gasteiger charge is 2.28. The van der Waals surface area contributed by atoms with Crippen LogP contribution >= 0.6 is 0 Å². The monoisotopic (exact) mass is 438 g/mol. The van der Waals surface area contributed by atoms with Crippen molar-refractivity contribution in [2.75, 3.05) is 29.9 Å². The zero-order chi connectivity index (χ0) is 23.1. The molecule has 0 unspecified atom stereocenters. The predicted molar refractivity (Wildman–Crippen MR) is 124 cm³/mol. The molecule has 8 heteroatoms. The van der Waals surface area contributed by atoms with Gasteiger partial charge in [0.15, 0.2) is 0 Å². The summed E-state index contributed by atoms with van der Waals surface area (Å²) in [6.45, 7) is 6.55. The number of halogens is 1. The Hall–Kier alpha value is -3.02. The van der Waals surface area contributed by atoms with E-state index < -0.39 is 0 Å². The van der Waals surface area contributed by atoms with Crippen molar-refractivity contribution in [1.82, 2.24) is 9.88 Å². The molecule has 32 heavy (non-hydrogen) atoms. The normalized spacial score (nSPS) is 15.7. The molecule has 1 fully saturated rings. The highest BCUT2D eigenvalue weighted by atomic mass is 19.1. The number of likely N-dealkylation sites (tertiary alicyclic amines) is 1. The van der Waals surface area contributed by atoms with Crippen LogP contribution in [0.1, 0.15) is 44.2 Å². The topological polar surface area (TPSA) is 98.3 Å². The lowest BCUT2D eigenvalue weighted by Gasteiger charge is -2.41. The van der Waals surface area contributed by atoms with Crippen LogP contribution in [0.2, 0.25) is 0 Å². The number of hydrogen-bond acceptors (Lipinski definition) is 6. The van der Waals surface area contributed by atoms with E-state index in [1.165, 1.54) is 19.1 Å². The number of rotatable bonds is 8. The van der Waals surface area contributed by atoms with Crippen LogP contribution in [0.15, 0.2) is 36.5 Å². The van der Waals surface area contributed by atoms with E-state index in [9.17, 15) is 14.4 Å². The molecule has 1 aromatic heterocycles. The maximum Gasteiger partial charge on any atom is 0.222 e. The van der Waals surface area contributed by atoms with E-state index in [1.807, 2.05) is 6.07 Å². The molecule has 0 bridgehead atoms. The second-order valence-electron chi connectivity index (χ2n) is 8.32. The predicted octanol–water partition coefficient (Wildman–Crippen LogP) is 3.26. The summed E-state index contributed by atoms with van der Waals surface area (Å²) >= 11 is 0. The van der Waals surface area contributed by atoms with Gasteiger partial charge in [-0.05, 0) is 63.1 Å².